The minimum Gasteiger partial charge on any atom is -0.408 e. The van der Waals surface area contributed by atoms with E-state index in [1.54, 1.807) is 6.92 Å². The Balaban J connectivity index is 1.83. The van der Waals surface area contributed by atoms with Gasteiger partial charge in [0.25, 0.3) is 0 Å². The summed E-state index contributed by atoms with van der Waals surface area (Å²) in [5, 5.41) is 7.96. The van der Waals surface area contributed by atoms with E-state index < -0.39 is 0 Å². The Morgan fingerprint density at radius 1 is 1.32 bits per heavy atom. The zero-order chi connectivity index (χ0) is 13.4. The minimum absolute atomic E-state index is 0.0810. The van der Waals surface area contributed by atoms with Gasteiger partial charge in [-0.15, -0.1) is 5.10 Å². The van der Waals surface area contributed by atoms with Gasteiger partial charge in [0.05, 0.1) is 5.92 Å². The molecule has 6 heteroatoms. The number of aryl methyl sites for hydroxylation is 1. The van der Waals surface area contributed by atoms with Crippen molar-refractivity contribution in [3.63, 3.8) is 0 Å². The molecule has 6 nitrogen and oxygen atoms in total. The van der Waals surface area contributed by atoms with Crippen LogP contribution in [0.15, 0.2) is 4.42 Å². The lowest BCUT2D eigenvalue weighted by Crippen LogP contribution is -2.48. The highest BCUT2D eigenvalue weighted by molar-refractivity contribution is 5.81. The lowest BCUT2D eigenvalue weighted by atomic mass is 9.94. The van der Waals surface area contributed by atoms with Gasteiger partial charge in [-0.2, -0.15) is 0 Å². The number of piperidine rings is 1. The molecule has 1 amide bonds. The molecule has 0 radical (unpaired) electrons. The largest absolute Gasteiger partial charge is 0.408 e. The molecule has 2 bridgehead atoms. The maximum absolute atomic E-state index is 12.4. The zero-order valence-electron chi connectivity index (χ0n) is 11.5. The summed E-state index contributed by atoms with van der Waals surface area (Å²) in [5.74, 6) is 0.956. The van der Waals surface area contributed by atoms with Gasteiger partial charge in [-0.3, -0.25) is 4.79 Å². The number of rotatable bonds is 3. The fourth-order valence-corrected chi connectivity index (χ4v) is 3.15. The van der Waals surface area contributed by atoms with Crippen LogP contribution >= 0.6 is 0 Å². The molecule has 104 valence electrons. The highest BCUT2D eigenvalue weighted by Crippen LogP contribution is 2.31. The molecule has 4 heterocycles. The van der Waals surface area contributed by atoms with Gasteiger partial charge in [0.2, 0.25) is 11.8 Å². The molecule has 3 aliphatic rings. The predicted molar refractivity (Wildman–Crippen MR) is 69.8 cm³/mol. The number of hydrogen-bond donors (Lipinski definition) is 0. The number of carbonyl (C=O) groups excluding carboxylic acids is 1. The number of fused-ring (bicyclic) bond motifs is 4. The van der Waals surface area contributed by atoms with E-state index in [0.717, 1.165) is 32.4 Å². The van der Waals surface area contributed by atoms with Gasteiger partial charge in [-0.1, -0.05) is 12.0 Å². The summed E-state index contributed by atoms with van der Waals surface area (Å²) in [5.41, 5.74) is 0. The van der Waals surface area contributed by atoms with Crippen molar-refractivity contribution in [1.29, 1.82) is 0 Å². The average Bonchev–Trinajstić information content (AvgIpc) is 2.65. The molecule has 1 aromatic heterocycles. The number of amides is 1. The number of hydrogen-bond acceptors (Lipinski definition) is 5. The van der Waals surface area contributed by atoms with Crippen molar-refractivity contribution in [2.24, 2.45) is 5.92 Å². The van der Waals surface area contributed by atoms with Gasteiger partial charge >= 0.3 is 6.01 Å². The Morgan fingerprint density at radius 2 is 2.16 bits per heavy atom. The van der Waals surface area contributed by atoms with E-state index >= 15 is 0 Å². The summed E-state index contributed by atoms with van der Waals surface area (Å²) >= 11 is 0. The quantitative estimate of drug-likeness (QED) is 0.821. The first-order valence-corrected chi connectivity index (χ1v) is 7.04. The molecule has 0 unspecified atom stereocenters. The van der Waals surface area contributed by atoms with Crippen molar-refractivity contribution >= 4 is 11.9 Å². The van der Waals surface area contributed by atoms with Crippen LogP contribution in [0.2, 0.25) is 0 Å². The Labute approximate surface area is 112 Å². The second-order valence-corrected chi connectivity index (χ2v) is 5.47. The van der Waals surface area contributed by atoms with Crippen molar-refractivity contribution in [2.75, 3.05) is 24.5 Å². The van der Waals surface area contributed by atoms with Crippen LogP contribution in [0.1, 0.15) is 32.1 Å². The van der Waals surface area contributed by atoms with E-state index in [2.05, 4.69) is 26.9 Å². The molecule has 0 spiro atoms. The Kier molecular flexibility index (Phi) is 3.16. The summed E-state index contributed by atoms with van der Waals surface area (Å²) < 4.78 is 5.51. The second kappa shape index (κ2) is 4.83. The third-order valence-corrected chi connectivity index (χ3v) is 4.04. The van der Waals surface area contributed by atoms with Crippen molar-refractivity contribution in [1.82, 2.24) is 15.1 Å². The smallest absolute Gasteiger partial charge is 0.318 e. The van der Waals surface area contributed by atoms with E-state index in [9.17, 15) is 4.79 Å². The van der Waals surface area contributed by atoms with E-state index in [1.165, 1.54) is 0 Å². The summed E-state index contributed by atoms with van der Waals surface area (Å²) in [6, 6.07) is 0.846. The zero-order valence-corrected chi connectivity index (χ0v) is 11.5. The molecule has 1 aromatic rings. The lowest BCUT2D eigenvalue weighted by molar-refractivity contribution is -0.139. The van der Waals surface area contributed by atoms with Crippen LogP contribution < -0.4 is 4.90 Å². The van der Waals surface area contributed by atoms with Crippen molar-refractivity contribution < 1.29 is 9.21 Å². The average molecular weight is 264 g/mol. The van der Waals surface area contributed by atoms with E-state index in [4.69, 9.17) is 4.42 Å². The van der Waals surface area contributed by atoms with Crippen LogP contribution in [0, 0.1) is 12.8 Å². The van der Waals surface area contributed by atoms with Crippen LogP contribution in [-0.2, 0) is 4.79 Å². The van der Waals surface area contributed by atoms with Crippen LogP contribution in [0.3, 0.4) is 0 Å². The van der Waals surface area contributed by atoms with Crippen LogP contribution in [0.5, 0.6) is 0 Å². The lowest BCUT2D eigenvalue weighted by Gasteiger charge is -2.35. The summed E-state index contributed by atoms with van der Waals surface area (Å²) in [6.07, 6.45) is 3.07. The maximum atomic E-state index is 12.4. The van der Waals surface area contributed by atoms with Crippen molar-refractivity contribution in [3.8, 4) is 0 Å². The van der Waals surface area contributed by atoms with E-state index in [1.807, 2.05) is 0 Å². The van der Waals surface area contributed by atoms with Gasteiger partial charge < -0.3 is 14.2 Å². The van der Waals surface area contributed by atoms with Crippen molar-refractivity contribution in [3.05, 3.63) is 5.89 Å². The highest BCUT2D eigenvalue weighted by atomic mass is 16.4. The molecular formula is C13H20N4O2. The summed E-state index contributed by atoms with van der Waals surface area (Å²) in [4.78, 5) is 16.5. The van der Waals surface area contributed by atoms with Crippen molar-refractivity contribution in [2.45, 2.75) is 39.2 Å². The molecular weight excluding hydrogens is 244 g/mol. The molecule has 19 heavy (non-hydrogen) atoms. The third kappa shape index (κ3) is 2.19. The van der Waals surface area contributed by atoms with E-state index in [-0.39, 0.29) is 5.92 Å². The molecule has 4 rings (SSSR count). The molecule has 0 aromatic carbocycles. The van der Waals surface area contributed by atoms with E-state index in [0.29, 0.717) is 30.4 Å². The standard InChI is InChI=1S/C13H20N4O2/c1-3-6-17-11-5-4-10(12(17)18)7-16(8-11)13-15-14-9(2)19-13/h10-11H,3-8H2,1-2H3/t10-,11+/m0/s1. The third-order valence-electron chi connectivity index (χ3n) is 4.04. The van der Waals surface area contributed by atoms with Crippen LogP contribution in [0.4, 0.5) is 6.01 Å². The highest BCUT2D eigenvalue weighted by Gasteiger charge is 2.41. The Morgan fingerprint density at radius 3 is 2.84 bits per heavy atom. The molecule has 3 saturated heterocycles. The fourth-order valence-electron chi connectivity index (χ4n) is 3.15. The molecule has 3 fully saturated rings. The van der Waals surface area contributed by atoms with Gasteiger partial charge in [-0.05, 0) is 19.3 Å². The van der Waals surface area contributed by atoms with Crippen LogP contribution in [0.25, 0.3) is 0 Å². The van der Waals surface area contributed by atoms with Gasteiger partial charge in [0.1, 0.15) is 0 Å². The summed E-state index contributed by atoms with van der Waals surface area (Å²) in [7, 11) is 0. The normalized spacial score (nSPS) is 26.9. The Hall–Kier alpha value is -1.59. The number of anilines is 1. The SMILES string of the molecule is CCCN1C(=O)[C@H]2CC[C@@H]1CN(c1nnc(C)o1)C2. The monoisotopic (exact) mass is 264 g/mol. The first-order chi connectivity index (χ1) is 9.19. The number of carbonyl (C=O) groups is 1. The topological polar surface area (TPSA) is 62.5 Å². The first kappa shape index (κ1) is 12.4. The predicted octanol–water partition coefficient (Wildman–Crippen LogP) is 1.22. The minimum atomic E-state index is 0.0810. The molecule has 2 atom stereocenters. The van der Waals surface area contributed by atoms with Crippen LogP contribution in [-0.4, -0.2) is 46.7 Å². The first-order valence-electron chi connectivity index (χ1n) is 7.04. The number of aromatic nitrogens is 2. The van der Waals surface area contributed by atoms with Gasteiger partial charge in [-0.25, -0.2) is 0 Å². The van der Waals surface area contributed by atoms with Gasteiger partial charge in [0.15, 0.2) is 0 Å². The maximum Gasteiger partial charge on any atom is 0.318 e. The number of nitrogens with zero attached hydrogens (tertiary/aromatic N) is 4. The van der Waals surface area contributed by atoms with Gasteiger partial charge in [0, 0.05) is 32.6 Å². The molecule has 0 N–H and O–H groups in total. The second-order valence-electron chi connectivity index (χ2n) is 5.47. The fraction of sp³-hybridized carbons (Fsp3) is 0.769. The molecule has 3 aliphatic heterocycles. The summed E-state index contributed by atoms with van der Waals surface area (Å²) in [6.45, 7) is 6.28. The molecule has 0 saturated carbocycles. The Bertz CT molecular complexity index is 473. The molecule has 0 aliphatic carbocycles.